The zero-order chi connectivity index (χ0) is 22.0. The Morgan fingerprint density at radius 2 is 2.20 bits per heavy atom. The maximum absolute atomic E-state index is 13.4. The van der Waals surface area contributed by atoms with E-state index in [9.17, 15) is 24.1 Å². The second-order valence-corrected chi connectivity index (χ2v) is 8.47. The molecule has 0 aliphatic heterocycles. The normalized spacial score (nSPS) is 10.9. The van der Waals surface area contributed by atoms with Gasteiger partial charge in [-0.05, 0) is 31.5 Å². The molecule has 30 heavy (non-hydrogen) atoms. The van der Waals surface area contributed by atoms with Gasteiger partial charge in [-0.1, -0.05) is 17.8 Å². The highest BCUT2D eigenvalue weighted by molar-refractivity contribution is 7.99. The molecule has 0 unspecified atom stereocenters. The number of benzene rings is 1. The zero-order valence-electron chi connectivity index (χ0n) is 16.1. The summed E-state index contributed by atoms with van der Waals surface area (Å²) in [6.45, 7) is 7.70. The fraction of sp³-hybridized carbons (Fsp3) is 0.211. The van der Waals surface area contributed by atoms with Gasteiger partial charge in [0, 0.05) is 23.2 Å². The topological polar surface area (TPSA) is 107 Å². The number of thioether (sulfide) groups is 1. The van der Waals surface area contributed by atoms with Crippen LogP contribution in [0.4, 0.5) is 15.8 Å². The minimum Gasteiger partial charge on any atom is -0.325 e. The van der Waals surface area contributed by atoms with Crippen LogP contribution in [0.5, 0.6) is 0 Å². The van der Waals surface area contributed by atoms with Crippen molar-refractivity contribution >= 4 is 50.6 Å². The van der Waals surface area contributed by atoms with E-state index >= 15 is 0 Å². The van der Waals surface area contributed by atoms with Crippen LogP contribution >= 0.6 is 23.1 Å². The molecule has 0 saturated heterocycles. The third-order valence-corrected chi connectivity index (χ3v) is 6.40. The summed E-state index contributed by atoms with van der Waals surface area (Å²) < 4.78 is 14.9. The molecule has 1 N–H and O–H groups in total. The van der Waals surface area contributed by atoms with Crippen LogP contribution in [0, 0.1) is 29.8 Å². The number of rotatable bonds is 7. The number of nitro benzene ring substituents is 1. The van der Waals surface area contributed by atoms with Crippen LogP contribution in [0.25, 0.3) is 10.2 Å². The molecule has 2 heterocycles. The van der Waals surface area contributed by atoms with Crippen molar-refractivity contribution in [2.45, 2.75) is 25.5 Å². The summed E-state index contributed by atoms with van der Waals surface area (Å²) in [5.41, 5.74) is 0.0669. The van der Waals surface area contributed by atoms with E-state index in [0.29, 0.717) is 15.4 Å². The van der Waals surface area contributed by atoms with E-state index in [-0.39, 0.29) is 23.5 Å². The van der Waals surface area contributed by atoms with Crippen molar-refractivity contribution in [2.24, 2.45) is 0 Å². The van der Waals surface area contributed by atoms with Crippen LogP contribution in [0.15, 0.2) is 40.8 Å². The summed E-state index contributed by atoms with van der Waals surface area (Å²) in [4.78, 5) is 41.3. The molecule has 11 heteroatoms. The van der Waals surface area contributed by atoms with Gasteiger partial charge in [0.1, 0.15) is 4.83 Å². The second kappa shape index (κ2) is 8.76. The Labute approximate surface area is 178 Å². The first-order valence-corrected chi connectivity index (χ1v) is 10.5. The summed E-state index contributed by atoms with van der Waals surface area (Å²) in [6, 6.07) is 3.10. The monoisotopic (exact) mass is 448 g/mol. The molecule has 0 fully saturated rings. The van der Waals surface area contributed by atoms with Crippen molar-refractivity contribution < 1.29 is 14.1 Å². The van der Waals surface area contributed by atoms with Gasteiger partial charge in [-0.2, -0.15) is 4.39 Å². The van der Waals surface area contributed by atoms with E-state index in [4.69, 9.17) is 0 Å². The van der Waals surface area contributed by atoms with Crippen LogP contribution < -0.4 is 10.9 Å². The van der Waals surface area contributed by atoms with Crippen molar-refractivity contribution in [1.82, 2.24) is 9.55 Å². The van der Waals surface area contributed by atoms with E-state index < -0.39 is 22.3 Å². The maximum atomic E-state index is 13.4. The minimum absolute atomic E-state index is 0.0936. The number of halogens is 1. The zero-order valence-corrected chi connectivity index (χ0v) is 17.7. The quantitative estimate of drug-likeness (QED) is 0.192. The third-order valence-electron chi connectivity index (χ3n) is 4.32. The number of carbonyl (C=O) groups excluding carboxylic acids is 1. The number of nitrogens with zero attached hydrogens (tertiary/aromatic N) is 3. The Kier molecular flexibility index (Phi) is 6.32. The number of anilines is 1. The first kappa shape index (κ1) is 21.7. The molecule has 0 spiro atoms. The standard InChI is InChI=1S/C19H17FN4O4S2/c1-4-7-23-18(26)16-10(2)11(3)30-17(16)22-19(23)29-9-15(25)21-12-5-6-13(20)14(8-12)24(27)28/h4-6,8H,1,7,9H2,2-3H3,(H,21,25). The molecule has 3 rings (SSSR count). The van der Waals surface area contributed by atoms with Gasteiger partial charge < -0.3 is 5.32 Å². The van der Waals surface area contributed by atoms with Crippen molar-refractivity contribution in [3.63, 3.8) is 0 Å². The van der Waals surface area contributed by atoms with Crippen LogP contribution in [-0.2, 0) is 11.3 Å². The van der Waals surface area contributed by atoms with Crippen molar-refractivity contribution in [2.75, 3.05) is 11.1 Å². The molecule has 1 aromatic carbocycles. The van der Waals surface area contributed by atoms with E-state index in [1.807, 2.05) is 13.8 Å². The van der Waals surface area contributed by atoms with Crippen LogP contribution in [0.1, 0.15) is 10.4 Å². The Hall–Kier alpha value is -3.05. The molecule has 2 aromatic heterocycles. The first-order valence-electron chi connectivity index (χ1n) is 8.71. The average molecular weight is 449 g/mol. The van der Waals surface area contributed by atoms with Gasteiger partial charge in [0.2, 0.25) is 11.7 Å². The van der Waals surface area contributed by atoms with Crippen molar-refractivity contribution in [3.05, 3.63) is 67.6 Å². The van der Waals surface area contributed by atoms with E-state index in [0.717, 1.165) is 34.3 Å². The SMILES string of the molecule is C=CCn1c(SCC(=O)Nc2ccc(F)c([N+](=O)[O-])c2)nc2sc(C)c(C)c2c1=O. The average Bonchev–Trinajstić information content (AvgIpc) is 2.98. The van der Waals surface area contributed by atoms with Crippen LogP contribution in [0.2, 0.25) is 0 Å². The minimum atomic E-state index is -0.986. The first-order chi connectivity index (χ1) is 14.2. The van der Waals surface area contributed by atoms with E-state index in [2.05, 4.69) is 16.9 Å². The molecule has 0 saturated carbocycles. The molecule has 0 bridgehead atoms. The van der Waals surface area contributed by atoms with Gasteiger partial charge in [0.05, 0.1) is 16.1 Å². The van der Waals surface area contributed by atoms with E-state index in [1.165, 1.54) is 22.0 Å². The number of aryl methyl sites for hydroxylation is 2. The Morgan fingerprint density at radius 1 is 1.47 bits per heavy atom. The molecule has 1 amide bonds. The summed E-state index contributed by atoms with van der Waals surface area (Å²) in [5.74, 6) is -1.55. The van der Waals surface area contributed by atoms with Crippen molar-refractivity contribution in [3.8, 4) is 0 Å². The largest absolute Gasteiger partial charge is 0.325 e. The lowest BCUT2D eigenvalue weighted by Crippen LogP contribution is -2.23. The molecule has 0 atom stereocenters. The predicted octanol–water partition coefficient (Wildman–Crippen LogP) is 4.04. The smallest absolute Gasteiger partial charge is 0.306 e. The highest BCUT2D eigenvalue weighted by atomic mass is 32.2. The molecule has 156 valence electrons. The molecule has 8 nitrogen and oxygen atoms in total. The Morgan fingerprint density at radius 3 is 2.87 bits per heavy atom. The number of nitro groups is 1. The second-order valence-electron chi connectivity index (χ2n) is 6.32. The number of thiophene rings is 1. The van der Waals surface area contributed by atoms with Gasteiger partial charge in [-0.25, -0.2) is 4.98 Å². The molecule has 0 radical (unpaired) electrons. The lowest BCUT2D eigenvalue weighted by atomic mass is 10.2. The number of hydrogen-bond acceptors (Lipinski definition) is 7. The van der Waals surface area contributed by atoms with Gasteiger partial charge in [0.25, 0.3) is 5.56 Å². The lowest BCUT2D eigenvalue weighted by Gasteiger charge is -2.10. The predicted molar refractivity (Wildman–Crippen MR) is 116 cm³/mol. The highest BCUT2D eigenvalue weighted by Crippen LogP contribution is 2.28. The number of nitrogens with one attached hydrogen (secondary N) is 1. The molecule has 0 aliphatic carbocycles. The number of allylic oxidation sites excluding steroid dienone is 1. The molecular weight excluding hydrogens is 431 g/mol. The van der Waals surface area contributed by atoms with Gasteiger partial charge in [0.15, 0.2) is 5.16 Å². The molecule has 0 aliphatic rings. The molecular formula is C19H17FN4O4S2. The Balaban J connectivity index is 1.83. The highest BCUT2D eigenvalue weighted by Gasteiger charge is 2.18. The van der Waals surface area contributed by atoms with Crippen molar-refractivity contribution in [1.29, 1.82) is 0 Å². The fourth-order valence-corrected chi connectivity index (χ4v) is 4.65. The molecule has 3 aromatic rings. The number of fused-ring (bicyclic) bond motifs is 1. The van der Waals surface area contributed by atoms with E-state index in [1.54, 1.807) is 6.08 Å². The lowest BCUT2D eigenvalue weighted by molar-refractivity contribution is -0.387. The van der Waals surface area contributed by atoms with Gasteiger partial charge >= 0.3 is 5.69 Å². The summed E-state index contributed by atoms with van der Waals surface area (Å²) in [6.07, 6.45) is 1.57. The van der Waals surface area contributed by atoms with Gasteiger partial charge in [-0.15, -0.1) is 17.9 Å². The Bertz CT molecular complexity index is 1240. The number of amides is 1. The number of carbonyl (C=O) groups is 1. The summed E-state index contributed by atoms with van der Waals surface area (Å²) in [5, 5.41) is 14.3. The van der Waals surface area contributed by atoms with Crippen LogP contribution in [0.3, 0.4) is 0 Å². The van der Waals surface area contributed by atoms with Crippen LogP contribution in [-0.4, -0.2) is 26.1 Å². The summed E-state index contributed by atoms with van der Waals surface area (Å²) >= 11 is 2.48. The number of hydrogen-bond donors (Lipinski definition) is 1. The fourth-order valence-electron chi connectivity index (χ4n) is 2.77. The third kappa shape index (κ3) is 4.26. The maximum Gasteiger partial charge on any atom is 0.306 e. The summed E-state index contributed by atoms with van der Waals surface area (Å²) in [7, 11) is 0. The number of aromatic nitrogens is 2. The van der Waals surface area contributed by atoms with Gasteiger partial charge in [-0.3, -0.25) is 24.3 Å².